The highest BCUT2D eigenvalue weighted by Crippen LogP contribution is 2.14. The molecular weight excluding hydrogens is 380 g/mol. The summed E-state index contributed by atoms with van der Waals surface area (Å²) < 4.78 is 4.58. The van der Waals surface area contributed by atoms with Crippen LogP contribution in [0.15, 0.2) is 60.8 Å². The molecule has 0 spiro atoms. The first-order valence-corrected chi connectivity index (χ1v) is 10.8. The van der Waals surface area contributed by atoms with Gasteiger partial charge in [-0.1, -0.05) is 67.7 Å². The fourth-order valence-corrected chi connectivity index (χ4v) is 2.56. The number of methoxy groups -OCH3 is 1. The molecular formula is C25H40O5. The summed E-state index contributed by atoms with van der Waals surface area (Å²) in [6, 6.07) is 0. The quantitative estimate of drug-likeness (QED) is 0.149. The van der Waals surface area contributed by atoms with Crippen molar-refractivity contribution in [2.75, 3.05) is 13.7 Å². The molecule has 3 N–H and O–H groups in total. The van der Waals surface area contributed by atoms with Crippen LogP contribution in [0.25, 0.3) is 0 Å². The van der Waals surface area contributed by atoms with Gasteiger partial charge in [0.25, 0.3) is 0 Å². The Labute approximate surface area is 182 Å². The van der Waals surface area contributed by atoms with E-state index in [-0.39, 0.29) is 18.5 Å². The number of aliphatic hydroxyl groups is 3. The van der Waals surface area contributed by atoms with Gasteiger partial charge in [0.1, 0.15) is 0 Å². The lowest BCUT2D eigenvalue weighted by Crippen LogP contribution is -2.22. The maximum Gasteiger partial charge on any atom is 0.305 e. The van der Waals surface area contributed by atoms with Gasteiger partial charge in [-0.25, -0.2) is 0 Å². The molecule has 0 aliphatic rings. The fraction of sp³-hybridized carbons (Fsp3) is 0.560. The third-order valence-electron chi connectivity index (χ3n) is 4.84. The van der Waals surface area contributed by atoms with Gasteiger partial charge in [-0.2, -0.15) is 0 Å². The van der Waals surface area contributed by atoms with Gasteiger partial charge in [0, 0.05) is 18.9 Å². The first-order chi connectivity index (χ1) is 14.4. The molecule has 5 nitrogen and oxygen atoms in total. The fourth-order valence-electron chi connectivity index (χ4n) is 2.56. The zero-order valence-corrected chi connectivity index (χ0v) is 18.7. The third-order valence-corrected chi connectivity index (χ3v) is 4.84. The maximum absolute atomic E-state index is 11.1. The zero-order valence-electron chi connectivity index (χ0n) is 18.7. The smallest absolute Gasteiger partial charge is 0.305 e. The standard InChI is InChI=1S/C25H40O5/c1-4-25(2,29)20-15-13-11-9-7-5-6-8-10-12-14-18-23(27)22(21-26)17-16-19-24(28)30-3/h5-8,10,12,14-15,18,20,22-23,26-27,29H,4,9,11,13,16-17,19,21H2,1-3H3/b7-5-,8-6+,12-10+,18-14+,20-15+. The molecule has 170 valence electrons. The second-order valence-electron chi connectivity index (χ2n) is 7.53. The Hall–Kier alpha value is -1.95. The molecule has 0 fully saturated rings. The summed E-state index contributed by atoms with van der Waals surface area (Å²) in [7, 11) is 1.35. The van der Waals surface area contributed by atoms with E-state index in [0.717, 1.165) is 25.7 Å². The van der Waals surface area contributed by atoms with Crippen LogP contribution in [0.3, 0.4) is 0 Å². The normalized spacial score (nSPS) is 16.9. The molecule has 0 heterocycles. The molecule has 0 rings (SSSR count). The first kappa shape index (κ1) is 28.1. The molecule has 0 aromatic rings. The summed E-state index contributed by atoms with van der Waals surface area (Å²) in [4.78, 5) is 11.1. The molecule has 5 heteroatoms. The van der Waals surface area contributed by atoms with Crippen molar-refractivity contribution in [3.05, 3.63) is 60.8 Å². The maximum atomic E-state index is 11.1. The average Bonchev–Trinajstić information content (AvgIpc) is 2.74. The lowest BCUT2D eigenvalue weighted by Gasteiger charge is -2.17. The van der Waals surface area contributed by atoms with Crippen LogP contribution in [0.2, 0.25) is 0 Å². The summed E-state index contributed by atoms with van der Waals surface area (Å²) in [5.74, 6) is -0.570. The zero-order chi connectivity index (χ0) is 22.7. The Morgan fingerprint density at radius 2 is 1.67 bits per heavy atom. The highest BCUT2D eigenvalue weighted by Gasteiger charge is 2.16. The van der Waals surface area contributed by atoms with Crippen molar-refractivity contribution in [2.45, 2.75) is 70.5 Å². The van der Waals surface area contributed by atoms with Crippen LogP contribution in [0.5, 0.6) is 0 Å². The van der Waals surface area contributed by atoms with E-state index >= 15 is 0 Å². The first-order valence-electron chi connectivity index (χ1n) is 10.8. The van der Waals surface area contributed by atoms with Crippen LogP contribution in [-0.4, -0.2) is 46.7 Å². The number of carbonyl (C=O) groups excluding carboxylic acids is 1. The molecule has 0 bridgehead atoms. The average molecular weight is 421 g/mol. The summed E-state index contributed by atoms with van der Waals surface area (Å²) in [5, 5.41) is 29.4. The summed E-state index contributed by atoms with van der Waals surface area (Å²) in [6.07, 6.45) is 23.3. The molecule has 0 saturated carbocycles. The molecule has 0 aromatic carbocycles. The topological polar surface area (TPSA) is 87.0 Å². The molecule has 0 aliphatic heterocycles. The van der Waals surface area contributed by atoms with Gasteiger partial charge in [-0.15, -0.1) is 0 Å². The van der Waals surface area contributed by atoms with E-state index in [0.29, 0.717) is 19.3 Å². The Morgan fingerprint density at radius 3 is 2.30 bits per heavy atom. The minimum absolute atomic E-state index is 0.130. The summed E-state index contributed by atoms with van der Waals surface area (Å²) in [5.41, 5.74) is -0.696. The lowest BCUT2D eigenvalue weighted by molar-refractivity contribution is -0.140. The Bertz CT molecular complexity index is 584. The van der Waals surface area contributed by atoms with Gasteiger partial charge in [-0.3, -0.25) is 4.79 Å². The van der Waals surface area contributed by atoms with E-state index in [1.165, 1.54) is 7.11 Å². The number of rotatable bonds is 16. The van der Waals surface area contributed by atoms with E-state index in [1.807, 2.05) is 56.4 Å². The second-order valence-corrected chi connectivity index (χ2v) is 7.53. The lowest BCUT2D eigenvalue weighted by atomic mass is 9.96. The van der Waals surface area contributed by atoms with Crippen molar-refractivity contribution in [3.63, 3.8) is 0 Å². The van der Waals surface area contributed by atoms with Gasteiger partial charge in [-0.05, 0) is 45.4 Å². The van der Waals surface area contributed by atoms with Gasteiger partial charge < -0.3 is 20.1 Å². The molecule has 0 saturated heterocycles. The molecule has 30 heavy (non-hydrogen) atoms. The number of aliphatic hydroxyl groups excluding tert-OH is 2. The molecule has 0 radical (unpaired) electrons. The van der Waals surface area contributed by atoms with Crippen LogP contribution in [0, 0.1) is 5.92 Å². The number of ether oxygens (including phenoxy) is 1. The number of carbonyl (C=O) groups is 1. The van der Waals surface area contributed by atoms with Gasteiger partial charge in [0.2, 0.25) is 0 Å². The Kier molecular flexibility index (Phi) is 16.7. The molecule has 3 atom stereocenters. The van der Waals surface area contributed by atoms with Crippen molar-refractivity contribution >= 4 is 5.97 Å². The van der Waals surface area contributed by atoms with Crippen LogP contribution < -0.4 is 0 Å². The molecule has 3 unspecified atom stereocenters. The number of allylic oxidation sites excluding steroid dienone is 8. The molecule has 0 aliphatic carbocycles. The summed E-state index contributed by atoms with van der Waals surface area (Å²) >= 11 is 0. The van der Waals surface area contributed by atoms with E-state index in [1.54, 1.807) is 12.2 Å². The van der Waals surface area contributed by atoms with Crippen LogP contribution in [-0.2, 0) is 9.53 Å². The molecule has 0 aromatic heterocycles. The van der Waals surface area contributed by atoms with Crippen molar-refractivity contribution in [1.82, 2.24) is 0 Å². The minimum Gasteiger partial charge on any atom is -0.469 e. The van der Waals surface area contributed by atoms with Crippen molar-refractivity contribution in [3.8, 4) is 0 Å². The number of hydrogen-bond donors (Lipinski definition) is 3. The number of hydrogen-bond acceptors (Lipinski definition) is 5. The van der Waals surface area contributed by atoms with Crippen molar-refractivity contribution in [1.29, 1.82) is 0 Å². The highest BCUT2D eigenvalue weighted by atomic mass is 16.5. The second kappa shape index (κ2) is 17.9. The minimum atomic E-state index is -0.753. The predicted octanol–water partition coefficient (Wildman–Crippen LogP) is 4.41. The highest BCUT2D eigenvalue weighted by molar-refractivity contribution is 5.68. The van der Waals surface area contributed by atoms with Gasteiger partial charge in [0.15, 0.2) is 0 Å². The van der Waals surface area contributed by atoms with Crippen LogP contribution in [0.4, 0.5) is 0 Å². The summed E-state index contributed by atoms with van der Waals surface area (Å²) in [6.45, 7) is 3.65. The predicted molar refractivity (Wildman–Crippen MR) is 123 cm³/mol. The van der Waals surface area contributed by atoms with Gasteiger partial charge >= 0.3 is 5.97 Å². The van der Waals surface area contributed by atoms with E-state index < -0.39 is 11.7 Å². The van der Waals surface area contributed by atoms with Crippen LogP contribution >= 0.6 is 0 Å². The van der Waals surface area contributed by atoms with E-state index in [9.17, 15) is 20.1 Å². The third kappa shape index (κ3) is 15.9. The SMILES string of the molecule is CCC(C)(O)/C=C/CCC\C=C/C=C/C=C/C=C/C(O)C(CO)CCCC(=O)OC. The number of unbranched alkanes of at least 4 members (excludes halogenated alkanes) is 2. The van der Waals surface area contributed by atoms with Crippen molar-refractivity contribution < 1.29 is 24.9 Å². The van der Waals surface area contributed by atoms with Gasteiger partial charge in [0.05, 0.1) is 18.8 Å². The van der Waals surface area contributed by atoms with E-state index in [2.05, 4.69) is 10.8 Å². The monoisotopic (exact) mass is 420 g/mol. The van der Waals surface area contributed by atoms with Crippen LogP contribution in [0.1, 0.15) is 58.8 Å². The molecule has 0 amide bonds. The van der Waals surface area contributed by atoms with Crippen molar-refractivity contribution in [2.24, 2.45) is 5.92 Å². The largest absolute Gasteiger partial charge is 0.469 e. The Balaban J connectivity index is 4.05. The van der Waals surface area contributed by atoms with E-state index in [4.69, 9.17) is 0 Å². The Morgan fingerprint density at radius 1 is 1.03 bits per heavy atom. The number of esters is 1.